The molecule has 0 unspecified atom stereocenters. The van der Waals surface area contributed by atoms with Crippen LogP contribution in [0.2, 0.25) is 0 Å². The van der Waals surface area contributed by atoms with Crippen molar-refractivity contribution in [2.75, 3.05) is 18.0 Å². The molecule has 0 aliphatic carbocycles. The molecule has 1 N–H and O–H groups in total. The smallest absolute Gasteiger partial charge is 0.0687 e. The molecule has 0 saturated carbocycles. The number of anilines is 1. The van der Waals surface area contributed by atoms with E-state index in [0.29, 0.717) is 0 Å². The normalized spacial score (nSPS) is 17.2. The predicted molar refractivity (Wildman–Crippen MR) is 54.0 cm³/mol. The first-order valence-corrected chi connectivity index (χ1v) is 4.78. The number of rotatable bonds is 2. The van der Waals surface area contributed by atoms with Gasteiger partial charge in [-0.05, 0) is 25.0 Å². The predicted octanol–water partition coefficient (Wildman–Crippen LogP) is 1.43. The van der Waals surface area contributed by atoms with Crippen molar-refractivity contribution in [2.45, 2.75) is 19.4 Å². The van der Waals surface area contributed by atoms with E-state index < -0.39 is 0 Å². The summed E-state index contributed by atoms with van der Waals surface area (Å²) in [5, 5.41) is 9.30. The fourth-order valence-electron chi connectivity index (χ4n) is 1.92. The highest BCUT2D eigenvalue weighted by molar-refractivity contribution is 5.57. The molecule has 1 aliphatic heterocycles. The van der Waals surface area contributed by atoms with Crippen LogP contribution in [0.15, 0.2) is 24.3 Å². The highest BCUT2D eigenvalue weighted by atomic mass is 16.3. The van der Waals surface area contributed by atoms with Crippen molar-refractivity contribution in [1.82, 2.24) is 0 Å². The van der Waals surface area contributed by atoms with Crippen LogP contribution in [0.3, 0.4) is 0 Å². The molecule has 1 atom stereocenters. The van der Waals surface area contributed by atoms with Crippen LogP contribution >= 0.6 is 0 Å². The lowest BCUT2D eigenvalue weighted by Gasteiger charge is -2.20. The summed E-state index contributed by atoms with van der Waals surface area (Å²) in [6.45, 7) is 3.63. The third kappa shape index (κ3) is 1.68. The Bertz CT molecular complexity index is 296. The Balaban J connectivity index is 2.18. The van der Waals surface area contributed by atoms with Gasteiger partial charge >= 0.3 is 0 Å². The van der Waals surface area contributed by atoms with Crippen LogP contribution in [0.1, 0.15) is 12.5 Å². The molecule has 0 radical (unpaired) electrons. The quantitative estimate of drug-likeness (QED) is 0.738. The lowest BCUT2D eigenvalue weighted by Crippen LogP contribution is -2.29. The maximum Gasteiger partial charge on any atom is 0.0687 e. The van der Waals surface area contributed by atoms with E-state index in [0.717, 1.165) is 19.5 Å². The van der Waals surface area contributed by atoms with Gasteiger partial charge in [0.05, 0.1) is 6.10 Å². The third-order valence-corrected chi connectivity index (χ3v) is 2.47. The molecule has 0 saturated heterocycles. The highest BCUT2D eigenvalue weighted by Gasteiger charge is 2.18. The molecule has 2 heteroatoms. The number of para-hydroxylation sites is 1. The molecule has 13 heavy (non-hydrogen) atoms. The number of β-amino-alcohol motifs (C(OH)–C–C–N with tert-alkyl or cyclic N) is 1. The van der Waals surface area contributed by atoms with E-state index in [4.69, 9.17) is 0 Å². The second-order valence-corrected chi connectivity index (χ2v) is 3.67. The molecule has 2 rings (SSSR count). The maximum absolute atomic E-state index is 9.30. The van der Waals surface area contributed by atoms with Gasteiger partial charge in [-0.25, -0.2) is 0 Å². The summed E-state index contributed by atoms with van der Waals surface area (Å²) in [5.74, 6) is 0. The van der Waals surface area contributed by atoms with Crippen LogP contribution in [0, 0.1) is 0 Å². The van der Waals surface area contributed by atoms with Gasteiger partial charge < -0.3 is 10.0 Å². The van der Waals surface area contributed by atoms with E-state index in [1.54, 1.807) is 0 Å². The van der Waals surface area contributed by atoms with Crippen molar-refractivity contribution < 1.29 is 5.11 Å². The van der Waals surface area contributed by atoms with E-state index in [9.17, 15) is 5.11 Å². The first-order valence-electron chi connectivity index (χ1n) is 4.78. The summed E-state index contributed by atoms with van der Waals surface area (Å²) < 4.78 is 0. The second-order valence-electron chi connectivity index (χ2n) is 3.67. The standard InChI is InChI=1S/C11H15NO/c1-9(13)8-12-7-6-10-4-2-3-5-11(10)12/h2-5,9,13H,6-8H2,1H3/t9-/m1/s1. The first kappa shape index (κ1) is 8.57. The molecule has 1 heterocycles. The fourth-order valence-corrected chi connectivity index (χ4v) is 1.92. The van der Waals surface area contributed by atoms with Crippen LogP contribution in [-0.2, 0) is 6.42 Å². The number of nitrogens with zero attached hydrogens (tertiary/aromatic N) is 1. The van der Waals surface area contributed by atoms with Crippen molar-refractivity contribution >= 4 is 5.69 Å². The van der Waals surface area contributed by atoms with Crippen LogP contribution in [0.5, 0.6) is 0 Å². The summed E-state index contributed by atoms with van der Waals surface area (Å²) in [7, 11) is 0. The van der Waals surface area contributed by atoms with E-state index in [2.05, 4.69) is 29.2 Å². The van der Waals surface area contributed by atoms with Crippen molar-refractivity contribution in [3.05, 3.63) is 29.8 Å². The van der Waals surface area contributed by atoms with E-state index in [1.807, 2.05) is 6.92 Å². The second kappa shape index (κ2) is 3.38. The SMILES string of the molecule is C[C@@H](O)CN1CCc2ccccc21. The number of aliphatic hydroxyl groups is 1. The van der Waals surface area contributed by atoms with Gasteiger partial charge in [0.1, 0.15) is 0 Å². The molecule has 0 amide bonds. The van der Waals surface area contributed by atoms with Gasteiger partial charge in [0, 0.05) is 18.8 Å². The van der Waals surface area contributed by atoms with Gasteiger partial charge in [-0.3, -0.25) is 0 Å². The average molecular weight is 177 g/mol. The summed E-state index contributed by atoms with van der Waals surface area (Å²) in [6, 6.07) is 8.42. The molecule has 0 aromatic heterocycles. The van der Waals surface area contributed by atoms with Crippen molar-refractivity contribution in [3.63, 3.8) is 0 Å². The maximum atomic E-state index is 9.30. The zero-order valence-electron chi connectivity index (χ0n) is 7.90. The largest absolute Gasteiger partial charge is 0.392 e. The zero-order valence-corrected chi connectivity index (χ0v) is 7.90. The minimum absolute atomic E-state index is 0.244. The molecular weight excluding hydrogens is 162 g/mol. The molecule has 1 aliphatic rings. The average Bonchev–Trinajstić information content (AvgIpc) is 2.48. The Morgan fingerprint density at radius 2 is 2.23 bits per heavy atom. The number of benzene rings is 1. The number of fused-ring (bicyclic) bond motifs is 1. The molecular formula is C11H15NO. The number of hydrogen-bond donors (Lipinski definition) is 1. The van der Waals surface area contributed by atoms with Gasteiger partial charge in [-0.2, -0.15) is 0 Å². The minimum Gasteiger partial charge on any atom is -0.392 e. The number of hydrogen-bond acceptors (Lipinski definition) is 2. The third-order valence-electron chi connectivity index (χ3n) is 2.47. The van der Waals surface area contributed by atoms with E-state index in [-0.39, 0.29) is 6.10 Å². The Hall–Kier alpha value is -1.02. The molecule has 0 fully saturated rings. The molecule has 70 valence electrons. The monoisotopic (exact) mass is 177 g/mol. The molecule has 1 aromatic rings. The summed E-state index contributed by atoms with van der Waals surface area (Å²) in [6.07, 6.45) is 0.870. The summed E-state index contributed by atoms with van der Waals surface area (Å²) in [5.41, 5.74) is 2.70. The van der Waals surface area contributed by atoms with Gasteiger partial charge in [0.2, 0.25) is 0 Å². The van der Waals surface area contributed by atoms with Crippen molar-refractivity contribution in [1.29, 1.82) is 0 Å². The van der Waals surface area contributed by atoms with Gasteiger partial charge in [-0.15, -0.1) is 0 Å². The minimum atomic E-state index is -0.244. The Morgan fingerprint density at radius 3 is 3.00 bits per heavy atom. The van der Waals surface area contributed by atoms with Gasteiger partial charge in [0.15, 0.2) is 0 Å². The van der Waals surface area contributed by atoms with Crippen molar-refractivity contribution in [3.8, 4) is 0 Å². The topological polar surface area (TPSA) is 23.5 Å². The Kier molecular flexibility index (Phi) is 2.23. The van der Waals surface area contributed by atoms with Gasteiger partial charge in [0.25, 0.3) is 0 Å². The fraction of sp³-hybridized carbons (Fsp3) is 0.455. The number of aliphatic hydroxyl groups excluding tert-OH is 1. The molecule has 0 bridgehead atoms. The van der Waals surface area contributed by atoms with Crippen LogP contribution in [0.25, 0.3) is 0 Å². The van der Waals surface area contributed by atoms with Gasteiger partial charge in [-0.1, -0.05) is 18.2 Å². The molecule has 0 spiro atoms. The molecule has 1 aromatic carbocycles. The Labute approximate surface area is 78.8 Å². The zero-order chi connectivity index (χ0) is 9.26. The van der Waals surface area contributed by atoms with E-state index >= 15 is 0 Å². The van der Waals surface area contributed by atoms with E-state index in [1.165, 1.54) is 11.3 Å². The Morgan fingerprint density at radius 1 is 1.46 bits per heavy atom. The molecule has 2 nitrogen and oxygen atoms in total. The van der Waals surface area contributed by atoms with Crippen LogP contribution in [-0.4, -0.2) is 24.3 Å². The lowest BCUT2D eigenvalue weighted by molar-refractivity contribution is 0.200. The van der Waals surface area contributed by atoms with Crippen LogP contribution < -0.4 is 4.90 Å². The highest BCUT2D eigenvalue weighted by Crippen LogP contribution is 2.27. The first-order chi connectivity index (χ1) is 6.27. The summed E-state index contributed by atoms with van der Waals surface area (Å²) in [4.78, 5) is 2.25. The lowest BCUT2D eigenvalue weighted by atomic mass is 10.2. The summed E-state index contributed by atoms with van der Waals surface area (Å²) >= 11 is 0. The van der Waals surface area contributed by atoms with Crippen molar-refractivity contribution in [2.24, 2.45) is 0 Å². The van der Waals surface area contributed by atoms with Crippen LogP contribution in [0.4, 0.5) is 5.69 Å².